The zero-order valence-corrected chi connectivity index (χ0v) is 18.9. The predicted molar refractivity (Wildman–Crippen MR) is 117 cm³/mol. The minimum Gasteiger partial charge on any atom is -0.497 e. The standard InChI is InChI=1S/C22H29N3O5S/c1-24(30-3)31(27,28)20-8-6-7-18(15-20)22(26)23-16-21(25-13-4-5-14-25)17-9-11-19(29-2)12-10-17/h6-12,15,21H,4-5,13-14,16H2,1-3H3,(H,23,26). The summed E-state index contributed by atoms with van der Waals surface area (Å²) in [6, 6.07) is 13.8. The van der Waals surface area contributed by atoms with Crippen LogP contribution in [0.1, 0.15) is 34.8 Å². The molecule has 9 heteroatoms. The van der Waals surface area contributed by atoms with Gasteiger partial charge in [-0.3, -0.25) is 14.5 Å². The molecule has 2 aromatic carbocycles. The fraction of sp³-hybridized carbons (Fsp3) is 0.409. The molecule has 1 atom stereocenters. The third kappa shape index (κ3) is 5.43. The van der Waals surface area contributed by atoms with E-state index in [0.717, 1.165) is 41.7 Å². The first-order chi connectivity index (χ1) is 14.9. The van der Waals surface area contributed by atoms with Crippen LogP contribution in [0.4, 0.5) is 0 Å². The fourth-order valence-corrected chi connectivity index (χ4v) is 4.69. The number of rotatable bonds is 9. The van der Waals surface area contributed by atoms with E-state index >= 15 is 0 Å². The van der Waals surface area contributed by atoms with Crippen molar-refractivity contribution in [3.8, 4) is 5.75 Å². The van der Waals surface area contributed by atoms with Crippen LogP contribution in [0, 0.1) is 0 Å². The van der Waals surface area contributed by atoms with Gasteiger partial charge in [0, 0.05) is 19.2 Å². The van der Waals surface area contributed by atoms with Gasteiger partial charge in [-0.15, -0.1) is 0 Å². The minimum atomic E-state index is -3.83. The molecular weight excluding hydrogens is 418 g/mol. The summed E-state index contributed by atoms with van der Waals surface area (Å²) in [6.07, 6.45) is 2.26. The molecule has 1 aliphatic rings. The van der Waals surface area contributed by atoms with Crippen molar-refractivity contribution in [2.45, 2.75) is 23.8 Å². The van der Waals surface area contributed by atoms with Gasteiger partial charge in [0.1, 0.15) is 5.75 Å². The van der Waals surface area contributed by atoms with Gasteiger partial charge in [0.25, 0.3) is 15.9 Å². The van der Waals surface area contributed by atoms with Crippen LogP contribution in [0.3, 0.4) is 0 Å². The van der Waals surface area contributed by atoms with Crippen molar-refractivity contribution < 1.29 is 22.8 Å². The highest BCUT2D eigenvalue weighted by Crippen LogP contribution is 2.26. The second-order valence-corrected chi connectivity index (χ2v) is 9.30. The lowest BCUT2D eigenvalue weighted by Gasteiger charge is -2.28. The van der Waals surface area contributed by atoms with Crippen LogP contribution in [0.25, 0.3) is 0 Å². The second kappa shape index (κ2) is 10.2. The Balaban J connectivity index is 1.76. The minimum absolute atomic E-state index is 0.00394. The molecule has 0 bridgehead atoms. The average molecular weight is 448 g/mol. The summed E-state index contributed by atoms with van der Waals surface area (Å²) < 4.78 is 30.9. The van der Waals surface area contributed by atoms with Gasteiger partial charge in [0.05, 0.1) is 25.2 Å². The average Bonchev–Trinajstić information content (AvgIpc) is 3.33. The Morgan fingerprint density at radius 2 is 1.81 bits per heavy atom. The summed E-state index contributed by atoms with van der Waals surface area (Å²) in [5, 5.41) is 2.97. The van der Waals surface area contributed by atoms with Crippen molar-refractivity contribution >= 4 is 15.9 Å². The lowest BCUT2D eigenvalue weighted by Crippen LogP contribution is -2.36. The molecule has 8 nitrogen and oxygen atoms in total. The molecule has 3 rings (SSSR count). The monoisotopic (exact) mass is 447 g/mol. The summed E-state index contributed by atoms with van der Waals surface area (Å²) in [4.78, 5) is 20.0. The summed E-state index contributed by atoms with van der Waals surface area (Å²) in [7, 11) is 0.376. The fourth-order valence-electron chi connectivity index (χ4n) is 3.67. The first-order valence-corrected chi connectivity index (χ1v) is 11.6. The van der Waals surface area contributed by atoms with Gasteiger partial charge < -0.3 is 10.1 Å². The normalized spacial score (nSPS) is 15.7. The molecular formula is C22H29N3O5S. The molecule has 31 heavy (non-hydrogen) atoms. The lowest BCUT2D eigenvalue weighted by atomic mass is 10.0. The third-order valence-electron chi connectivity index (χ3n) is 5.53. The maximum atomic E-state index is 12.8. The molecule has 2 aromatic rings. The Morgan fingerprint density at radius 1 is 1.13 bits per heavy atom. The van der Waals surface area contributed by atoms with Crippen LogP contribution in [0.5, 0.6) is 5.75 Å². The van der Waals surface area contributed by atoms with Crippen molar-refractivity contribution in [1.82, 2.24) is 14.7 Å². The summed E-state index contributed by atoms with van der Waals surface area (Å²) in [6.45, 7) is 2.37. The van der Waals surface area contributed by atoms with Crippen LogP contribution < -0.4 is 10.1 Å². The number of benzene rings is 2. The molecule has 0 aliphatic carbocycles. The van der Waals surface area contributed by atoms with Crippen molar-refractivity contribution in [2.75, 3.05) is 40.9 Å². The van der Waals surface area contributed by atoms with E-state index in [0.29, 0.717) is 6.54 Å². The number of ether oxygens (including phenoxy) is 1. The number of hydroxylamine groups is 1. The van der Waals surface area contributed by atoms with E-state index in [9.17, 15) is 13.2 Å². The maximum Gasteiger partial charge on any atom is 0.264 e. The highest BCUT2D eigenvalue weighted by Gasteiger charge is 2.25. The maximum absolute atomic E-state index is 12.8. The number of hydrogen-bond acceptors (Lipinski definition) is 6. The van der Waals surface area contributed by atoms with Gasteiger partial charge in [-0.25, -0.2) is 8.42 Å². The van der Waals surface area contributed by atoms with Gasteiger partial charge in [0.15, 0.2) is 0 Å². The van der Waals surface area contributed by atoms with E-state index < -0.39 is 10.0 Å². The molecule has 1 saturated heterocycles. The van der Waals surface area contributed by atoms with E-state index in [1.807, 2.05) is 24.3 Å². The largest absolute Gasteiger partial charge is 0.497 e. The van der Waals surface area contributed by atoms with Crippen LogP contribution in [-0.4, -0.2) is 64.6 Å². The molecule has 1 N–H and O–H groups in total. The first kappa shape index (κ1) is 23.2. The predicted octanol–water partition coefficient (Wildman–Crippen LogP) is 2.44. The number of amides is 1. The molecule has 0 radical (unpaired) electrons. The van der Waals surface area contributed by atoms with Crippen molar-refractivity contribution in [1.29, 1.82) is 0 Å². The highest BCUT2D eigenvalue weighted by molar-refractivity contribution is 7.89. The van der Waals surface area contributed by atoms with Gasteiger partial charge in [-0.2, -0.15) is 0 Å². The number of nitrogens with one attached hydrogen (secondary N) is 1. The van der Waals surface area contributed by atoms with Gasteiger partial charge in [-0.1, -0.05) is 22.7 Å². The molecule has 0 saturated carbocycles. The van der Waals surface area contributed by atoms with E-state index in [1.54, 1.807) is 19.2 Å². The molecule has 0 spiro atoms. The molecule has 0 aromatic heterocycles. The molecule has 1 amide bonds. The van der Waals surface area contributed by atoms with Crippen molar-refractivity contribution in [3.63, 3.8) is 0 Å². The van der Waals surface area contributed by atoms with Crippen LogP contribution in [0.2, 0.25) is 0 Å². The summed E-state index contributed by atoms with van der Waals surface area (Å²) in [5.74, 6) is 0.460. The van der Waals surface area contributed by atoms with Crippen molar-refractivity contribution in [3.05, 3.63) is 59.7 Å². The quantitative estimate of drug-likeness (QED) is 0.594. The number of methoxy groups -OCH3 is 1. The Labute approximate surface area is 183 Å². The third-order valence-corrected chi connectivity index (χ3v) is 7.20. The van der Waals surface area contributed by atoms with Gasteiger partial charge in [-0.05, 0) is 61.8 Å². The summed E-state index contributed by atoms with van der Waals surface area (Å²) in [5.41, 5.74) is 1.38. The van der Waals surface area contributed by atoms with Crippen LogP contribution in [0.15, 0.2) is 53.4 Å². The van der Waals surface area contributed by atoms with Gasteiger partial charge >= 0.3 is 0 Å². The van der Waals surface area contributed by atoms with E-state index in [2.05, 4.69) is 10.2 Å². The SMILES string of the molecule is COc1ccc(C(CNC(=O)c2cccc(S(=O)(=O)N(C)OC)c2)N2CCCC2)cc1. The van der Waals surface area contributed by atoms with Crippen LogP contribution in [-0.2, 0) is 14.9 Å². The number of carbonyl (C=O) groups is 1. The summed E-state index contributed by atoms with van der Waals surface area (Å²) >= 11 is 0. The topological polar surface area (TPSA) is 88.2 Å². The molecule has 1 aliphatic heterocycles. The van der Waals surface area contributed by atoms with E-state index in [1.165, 1.54) is 26.3 Å². The highest BCUT2D eigenvalue weighted by atomic mass is 32.2. The number of hydrogen-bond donors (Lipinski definition) is 1. The Morgan fingerprint density at radius 3 is 2.42 bits per heavy atom. The first-order valence-electron chi connectivity index (χ1n) is 10.2. The zero-order chi connectivity index (χ0) is 22.4. The zero-order valence-electron chi connectivity index (χ0n) is 18.1. The Bertz CT molecular complexity index is 988. The molecule has 168 valence electrons. The molecule has 1 unspecified atom stereocenters. The lowest BCUT2D eigenvalue weighted by molar-refractivity contribution is -0.0258. The van der Waals surface area contributed by atoms with Crippen LogP contribution >= 0.6 is 0 Å². The van der Waals surface area contributed by atoms with E-state index in [4.69, 9.17) is 9.57 Å². The smallest absolute Gasteiger partial charge is 0.264 e. The second-order valence-electron chi connectivity index (χ2n) is 7.37. The van der Waals surface area contributed by atoms with Crippen molar-refractivity contribution in [2.24, 2.45) is 0 Å². The number of carbonyl (C=O) groups excluding carboxylic acids is 1. The number of likely N-dealkylation sites (tertiary alicyclic amines) is 1. The Kier molecular flexibility index (Phi) is 7.66. The molecule has 1 heterocycles. The Hall–Kier alpha value is -2.46. The van der Waals surface area contributed by atoms with E-state index in [-0.39, 0.29) is 22.4 Å². The van der Waals surface area contributed by atoms with Gasteiger partial charge in [0.2, 0.25) is 0 Å². The number of nitrogens with zero attached hydrogens (tertiary/aromatic N) is 2. The molecule has 1 fully saturated rings. The number of sulfonamides is 1.